The first kappa shape index (κ1) is 13.8. The van der Waals surface area contributed by atoms with Crippen LogP contribution in [0.3, 0.4) is 0 Å². The zero-order valence-corrected chi connectivity index (χ0v) is 8.37. The molecule has 4 atom stereocenters. The SMILES string of the molecule is CN(C)CC([O-])C(O)C(O)C(O)CO. The fourth-order valence-electron chi connectivity index (χ4n) is 1.02. The van der Waals surface area contributed by atoms with E-state index < -0.39 is 31.0 Å². The van der Waals surface area contributed by atoms with Crippen molar-refractivity contribution in [3.05, 3.63) is 0 Å². The average molecular weight is 208 g/mol. The molecule has 4 unspecified atom stereocenters. The molecule has 4 N–H and O–H groups in total. The predicted octanol–water partition coefficient (Wildman–Crippen LogP) is -3.65. The molecule has 0 aliphatic heterocycles. The van der Waals surface area contributed by atoms with Gasteiger partial charge >= 0.3 is 0 Å². The van der Waals surface area contributed by atoms with Gasteiger partial charge in [0.15, 0.2) is 0 Å². The lowest BCUT2D eigenvalue weighted by molar-refractivity contribution is -0.444. The lowest BCUT2D eigenvalue weighted by atomic mass is 10.0. The first-order valence-corrected chi connectivity index (χ1v) is 4.35. The molecule has 86 valence electrons. The second kappa shape index (κ2) is 6.28. The smallest absolute Gasteiger partial charge is 0.107 e. The average Bonchev–Trinajstić information content (AvgIpc) is 2.13. The summed E-state index contributed by atoms with van der Waals surface area (Å²) in [5.41, 5.74) is 0. The summed E-state index contributed by atoms with van der Waals surface area (Å²) in [6.07, 6.45) is -6.09. The number of likely N-dealkylation sites (N-methyl/N-ethyl adjacent to an activating group) is 1. The van der Waals surface area contributed by atoms with Crippen molar-refractivity contribution < 1.29 is 25.5 Å². The molecule has 0 spiro atoms. The van der Waals surface area contributed by atoms with E-state index in [1.54, 1.807) is 19.0 Å². The van der Waals surface area contributed by atoms with Crippen molar-refractivity contribution >= 4 is 0 Å². The molecule has 0 amide bonds. The highest BCUT2D eigenvalue weighted by Gasteiger charge is 2.25. The summed E-state index contributed by atoms with van der Waals surface area (Å²) in [4.78, 5) is 1.57. The van der Waals surface area contributed by atoms with Crippen LogP contribution < -0.4 is 5.11 Å². The van der Waals surface area contributed by atoms with Crippen LogP contribution in [0.2, 0.25) is 0 Å². The van der Waals surface area contributed by atoms with Gasteiger partial charge < -0.3 is 30.4 Å². The van der Waals surface area contributed by atoms with Crippen molar-refractivity contribution in [2.24, 2.45) is 0 Å². The number of aliphatic hydroxyl groups excluding tert-OH is 4. The third-order valence-electron chi connectivity index (χ3n) is 1.86. The molecule has 0 rings (SSSR count). The summed E-state index contributed by atoms with van der Waals surface area (Å²) in [7, 11) is 3.32. The molecule has 0 aliphatic carbocycles. The van der Waals surface area contributed by atoms with Crippen LogP contribution in [0.4, 0.5) is 0 Å². The van der Waals surface area contributed by atoms with E-state index in [2.05, 4.69) is 0 Å². The minimum atomic E-state index is -1.61. The second-order valence-electron chi connectivity index (χ2n) is 3.53. The van der Waals surface area contributed by atoms with E-state index in [1.807, 2.05) is 0 Å². The first-order valence-electron chi connectivity index (χ1n) is 4.35. The van der Waals surface area contributed by atoms with Gasteiger partial charge in [-0.1, -0.05) is 6.10 Å². The van der Waals surface area contributed by atoms with Gasteiger partial charge in [0, 0.05) is 0 Å². The summed E-state index contributed by atoms with van der Waals surface area (Å²) >= 11 is 0. The molecule has 0 aliphatic rings. The summed E-state index contributed by atoms with van der Waals surface area (Å²) in [5.74, 6) is 0. The molecule has 0 saturated heterocycles. The zero-order chi connectivity index (χ0) is 11.3. The van der Waals surface area contributed by atoms with E-state index in [0.29, 0.717) is 0 Å². The molecule has 14 heavy (non-hydrogen) atoms. The van der Waals surface area contributed by atoms with Gasteiger partial charge in [-0.05, 0) is 20.6 Å². The Hall–Kier alpha value is -0.240. The highest BCUT2D eigenvalue weighted by atomic mass is 16.4. The molecule has 6 heteroatoms. The van der Waals surface area contributed by atoms with Crippen LogP contribution in [-0.2, 0) is 0 Å². The van der Waals surface area contributed by atoms with E-state index in [4.69, 9.17) is 10.2 Å². The molecule has 0 heterocycles. The van der Waals surface area contributed by atoms with Crippen LogP contribution in [-0.4, -0.2) is 77.0 Å². The van der Waals surface area contributed by atoms with Gasteiger partial charge in [0.05, 0.1) is 12.7 Å². The maximum atomic E-state index is 11.3. The fourth-order valence-corrected chi connectivity index (χ4v) is 1.02. The highest BCUT2D eigenvalue weighted by molar-refractivity contribution is 4.80. The van der Waals surface area contributed by atoms with Gasteiger partial charge in [0.1, 0.15) is 12.2 Å². The van der Waals surface area contributed by atoms with Crippen LogP contribution in [0.5, 0.6) is 0 Å². The highest BCUT2D eigenvalue weighted by Crippen LogP contribution is 2.03. The Morgan fingerprint density at radius 1 is 1.14 bits per heavy atom. The van der Waals surface area contributed by atoms with Crippen molar-refractivity contribution in [2.75, 3.05) is 27.2 Å². The van der Waals surface area contributed by atoms with Crippen molar-refractivity contribution in [1.29, 1.82) is 0 Å². The molecule has 0 radical (unpaired) electrons. The topological polar surface area (TPSA) is 107 Å². The molecule has 0 aromatic rings. The largest absolute Gasteiger partial charge is 0.849 e. The van der Waals surface area contributed by atoms with Crippen LogP contribution in [0.25, 0.3) is 0 Å². The number of hydrogen-bond acceptors (Lipinski definition) is 6. The molecule has 0 fully saturated rings. The molecule has 6 nitrogen and oxygen atoms in total. The molecule has 0 bridgehead atoms. The Labute approximate surface area is 83.0 Å². The van der Waals surface area contributed by atoms with Crippen molar-refractivity contribution in [3.63, 3.8) is 0 Å². The molecule has 0 saturated carbocycles. The minimum absolute atomic E-state index is 0.0520. The Morgan fingerprint density at radius 2 is 1.64 bits per heavy atom. The third kappa shape index (κ3) is 4.32. The van der Waals surface area contributed by atoms with Crippen molar-refractivity contribution in [1.82, 2.24) is 4.90 Å². The first-order chi connectivity index (χ1) is 6.40. The normalized spacial score (nSPS) is 20.6. The van der Waals surface area contributed by atoms with Crippen LogP contribution in [0.15, 0.2) is 0 Å². The Morgan fingerprint density at radius 3 is 2.00 bits per heavy atom. The maximum absolute atomic E-state index is 11.3. The fraction of sp³-hybridized carbons (Fsp3) is 1.00. The van der Waals surface area contributed by atoms with Crippen LogP contribution in [0.1, 0.15) is 0 Å². The molecular formula is C8H18NO5-. The molecular weight excluding hydrogens is 190 g/mol. The van der Waals surface area contributed by atoms with E-state index in [-0.39, 0.29) is 6.54 Å². The quantitative estimate of drug-likeness (QED) is 0.358. The lowest BCUT2D eigenvalue weighted by Crippen LogP contribution is -2.54. The summed E-state index contributed by atoms with van der Waals surface area (Å²) in [6.45, 7) is -0.636. The van der Waals surface area contributed by atoms with Crippen LogP contribution in [0, 0.1) is 0 Å². The number of hydrogen-bond donors (Lipinski definition) is 4. The second-order valence-corrected chi connectivity index (χ2v) is 3.53. The van der Waals surface area contributed by atoms with E-state index in [1.165, 1.54) is 0 Å². The summed E-state index contributed by atoms with van der Waals surface area (Å²) in [6, 6.07) is 0. The summed E-state index contributed by atoms with van der Waals surface area (Å²) < 4.78 is 0. The predicted molar refractivity (Wildman–Crippen MR) is 47.4 cm³/mol. The van der Waals surface area contributed by atoms with Gasteiger partial charge in [0.25, 0.3) is 0 Å². The number of aliphatic hydroxyl groups is 4. The lowest BCUT2D eigenvalue weighted by Gasteiger charge is -2.34. The van der Waals surface area contributed by atoms with Crippen molar-refractivity contribution in [3.8, 4) is 0 Å². The Balaban J connectivity index is 4.09. The number of rotatable bonds is 6. The van der Waals surface area contributed by atoms with Gasteiger partial charge in [0.2, 0.25) is 0 Å². The number of nitrogens with zero attached hydrogens (tertiary/aromatic N) is 1. The maximum Gasteiger partial charge on any atom is 0.107 e. The van der Waals surface area contributed by atoms with E-state index >= 15 is 0 Å². The minimum Gasteiger partial charge on any atom is -0.849 e. The Kier molecular flexibility index (Phi) is 6.17. The van der Waals surface area contributed by atoms with E-state index in [9.17, 15) is 15.3 Å². The standard InChI is InChI=1S/C8H18NO5/c1-9(2)3-5(11)7(13)8(14)6(12)4-10/h5-8,10,12-14H,3-4H2,1-2H3/q-1. The van der Waals surface area contributed by atoms with Gasteiger partial charge in [-0.25, -0.2) is 0 Å². The zero-order valence-electron chi connectivity index (χ0n) is 8.37. The van der Waals surface area contributed by atoms with Crippen molar-refractivity contribution in [2.45, 2.75) is 24.4 Å². The van der Waals surface area contributed by atoms with Gasteiger partial charge in [-0.2, -0.15) is 0 Å². The Bertz CT molecular complexity index is 155. The monoisotopic (exact) mass is 208 g/mol. The van der Waals surface area contributed by atoms with Gasteiger partial charge in [-0.15, -0.1) is 0 Å². The summed E-state index contributed by atoms with van der Waals surface area (Å²) in [5, 5.41) is 47.2. The van der Waals surface area contributed by atoms with Crippen LogP contribution >= 0.6 is 0 Å². The van der Waals surface area contributed by atoms with E-state index in [0.717, 1.165) is 0 Å². The molecule has 0 aromatic carbocycles. The van der Waals surface area contributed by atoms with Gasteiger partial charge in [-0.3, -0.25) is 0 Å². The molecule has 0 aromatic heterocycles. The third-order valence-corrected chi connectivity index (χ3v) is 1.86.